The molecule has 0 radical (unpaired) electrons. The van der Waals surface area contributed by atoms with Crippen molar-refractivity contribution in [2.24, 2.45) is 5.92 Å². The third-order valence-electron chi connectivity index (χ3n) is 2.53. The maximum Gasteiger partial charge on any atom is 0.00708 e. The van der Waals surface area contributed by atoms with Crippen molar-refractivity contribution in [3.8, 4) is 0 Å². The molecule has 1 aromatic rings. The van der Waals surface area contributed by atoms with Crippen molar-refractivity contribution in [1.82, 2.24) is 0 Å². The summed E-state index contributed by atoms with van der Waals surface area (Å²) in [6.07, 6.45) is 1.15. The Hall–Kier alpha value is 0.180. The second-order valence-corrected chi connectivity index (χ2v) is 5.09. The molecule has 0 aliphatic rings. The molecule has 1 rings (SSSR count). The van der Waals surface area contributed by atoms with Gasteiger partial charge in [0.1, 0.15) is 0 Å². The molecule has 0 spiro atoms. The van der Waals surface area contributed by atoms with E-state index in [1.165, 1.54) is 16.7 Å². The Bertz CT molecular complexity index is 290. The Kier molecular flexibility index (Phi) is 5.18. The quantitative estimate of drug-likeness (QED) is 0.728. The Labute approximate surface area is 103 Å². The molecular formula is C12H16Br2. The molecule has 2 heteroatoms. The van der Waals surface area contributed by atoms with Gasteiger partial charge in [-0.3, -0.25) is 0 Å². The molecule has 0 bridgehead atoms. The summed E-state index contributed by atoms with van der Waals surface area (Å²) in [7, 11) is 0. The van der Waals surface area contributed by atoms with Crippen LogP contribution in [0.1, 0.15) is 16.7 Å². The fourth-order valence-electron chi connectivity index (χ4n) is 1.41. The van der Waals surface area contributed by atoms with Crippen LogP contribution in [0.15, 0.2) is 18.2 Å². The van der Waals surface area contributed by atoms with Gasteiger partial charge in [-0.25, -0.2) is 0 Å². The predicted octanol–water partition coefficient (Wildman–Crippen LogP) is 4.25. The summed E-state index contributed by atoms with van der Waals surface area (Å²) in [5.41, 5.74) is 4.21. The SMILES string of the molecule is Cc1ccc(CC(CBr)CBr)cc1C. The van der Waals surface area contributed by atoms with Crippen LogP contribution in [0.25, 0.3) is 0 Å². The second kappa shape index (κ2) is 5.92. The zero-order valence-corrected chi connectivity index (χ0v) is 11.9. The minimum atomic E-state index is 0.692. The van der Waals surface area contributed by atoms with Gasteiger partial charge in [0, 0.05) is 10.7 Å². The monoisotopic (exact) mass is 318 g/mol. The van der Waals surface area contributed by atoms with Crippen LogP contribution >= 0.6 is 31.9 Å². The minimum absolute atomic E-state index is 0.692. The number of aryl methyl sites for hydroxylation is 2. The van der Waals surface area contributed by atoms with Gasteiger partial charge in [-0.15, -0.1) is 0 Å². The van der Waals surface area contributed by atoms with Crippen molar-refractivity contribution in [3.63, 3.8) is 0 Å². The Morgan fingerprint density at radius 1 is 1.07 bits per heavy atom. The fraction of sp³-hybridized carbons (Fsp3) is 0.500. The lowest BCUT2D eigenvalue weighted by Gasteiger charge is -2.11. The third-order valence-corrected chi connectivity index (χ3v) is 4.36. The number of alkyl halides is 2. The van der Waals surface area contributed by atoms with Crippen LogP contribution in [-0.2, 0) is 6.42 Å². The molecule has 0 aliphatic carbocycles. The second-order valence-electron chi connectivity index (χ2n) is 3.80. The van der Waals surface area contributed by atoms with Crippen LogP contribution < -0.4 is 0 Å². The van der Waals surface area contributed by atoms with E-state index in [0.717, 1.165) is 17.1 Å². The molecule has 14 heavy (non-hydrogen) atoms. The molecule has 0 N–H and O–H groups in total. The van der Waals surface area contributed by atoms with Gasteiger partial charge in [0.25, 0.3) is 0 Å². The normalized spacial score (nSPS) is 10.9. The lowest BCUT2D eigenvalue weighted by Crippen LogP contribution is -2.07. The molecule has 0 fully saturated rings. The summed E-state index contributed by atoms with van der Waals surface area (Å²) in [5.74, 6) is 0.692. The average Bonchev–Trinajstić information content (AvgIpc) is 2.19. The topological polar surface area (TPSA) is 0 Å². The predicted molar refractivity (Wildman–Crippen MR) is 70.7 cm³/mol. The van der Waals surface area contributed by atoms with Gasteiger partial charge >= 0.3 is 0 Å². The first-order valence-electron chi connectivity index (χ1n) is 4.85. The lowest BCUT2D eigenvalue weighted by atomic mass is 9.99. The van der Waals surface area contributed by atoms with Crippen molar-refractivity contribution in [1.29, 1.82) is 0 Å². The highest BCUT2D eigenvalue weighted by Gasteiger charge is 2.06. The molecule has 0 unspecified atom stereocenters. The van der Waals surface area contributed by atoms with E-state index in [-0.39, 0.29) is 0 Å². The maximum atomic E-state index is 3.54. The molecule has 0 nitrogen and oxygen atoms in total. The van der Waals surface area contributed by atoms with Gasteiger partial charge < -0.3 is 0 Å². The summed E-state index contributed by atoms with van der Waals surface area (Å²) in [6, 6.07) is 6.75. The van der Waals surface area contributed by atoms with Crippen molar-refractivity contribution in [3.05, 3.63) is 34.9 Å². The van der Waals surface area contributed by atoms with Gasteiger partial charge in [-0.05, 0) is 42.9 Å². The summed E-state index contributed by atoms with van der Waals surface area (Å²) in [5, 5.41) is 2.12. The van der Waals surface area contributed by atoms with Crippen molar-refractivity contribution < 1.29 is 0 Å². The first-order valence-corrected chi connectivity index (χ1v) is 7.09. The van der Waals surface area contributed by atoms with E-state index in [1.807, 2.05) is 0 Å². The van der Waals surface area contributed by atoms with Gasteiger partial charge in [-0.2, -0.15) is 0 Å². The number of rotatable bonds is 4. The minimum Gasteiger partial charge on any atom is -0.0925 e. The van der Waals surface area contributed by atoms with E-state index < -0.39 is 0 Å². The van der Waals surface area contributed by atoms with Crippen molar-refractivity contribution >= 4 is 31.9 Å². The molecule has 0 saturated carbocycles. The molecule has 0 aliphatic heterocycles. The van der Waals surface area contributed by atoms with Gasteiger partial charge in [0.15, 0.2) is 0 Å². The molecule has 78 valence electrons. The molecule has 0 saturated heterocycles. The largest absolute Gasteiger partial charge is 0.0925 e. The summed E-state index contributed by atoms with van der Waals surface area (Å²) < 4.78 is 0. The highest BCUT2D eigenvalue weighted by atomic mass is 79.9. The van der Waals surface area contributed by atoms with E-state index in [0.29, 0.717) is 5.92 Å². The van der Waals surface area contributed by atoms with Crippen molar-refractivity contribution in [2.45, 2.75) is 20.3 Å². The summed E-state index contributed by atoms with van der Waals surface area (Å²) in [4.78, 5) is 0. The Morgan fingerprint density at radius 2 is 1.71 bits per heavy atom. The number of benzene rings is 1. The van der Waals surface area contributed by atoms with E-state index in [9.17, 15) is 0 Å². The van der Waals surface area contributed by atoms with Crippen LogP contribution in [0.3, 0.4) is 0 Å². The van der Waals surface area contributed by atoms with Crippen LogP contribution in [-0.4, -0.2) is 10.7 Å². The number of halogens is 2. The Balaban J connectivity index is 2.72. The van der Waals surface area contributed by atoms with Crippen LogP contribution in [0, 0.1) is 19.8 Å². The van der Waals surface area contributed by atoms with Crippen LogP contribution in [0.2, 0.25) is 0 Å². The first-order chi connectivity index (χ1) is 6.67. The standard InChI is InChI=1S/C12H16Br2/c1-9-3-4-11(5-10(9)2)6-12(7-13)8-14/h3-5,12H,6-8H2,1-2H3. The first kappa shape index (κ1) is 12.3. The smallest absolute Gasteiger partial charge is 0.00708 e. The van der Waals surface area contributed by atoms with E-state index in [2.05, 4.69) is 63.9 Å². The fourth-order valence-corrected chi connectivity index (χ4v) is 2.94. The maximum absolute atomic E-state index is 3.54. The number of hydrogen-bond acceptors (Lipinski definition) is 0. The van der Waals surface area contributed by atoms with Crippen molar-refractivity contribution in [2.75, 3.05) is 10.7 Å². The number of hydrogen-bond donors (Lipinski definition) is 0. The molecule has 0 atom stereocenters. The van der Waals surface area contributed by atoms with Gasteiger partial charge in [0.05, 0.1) is 0 Å². The molecule has 0 heterocycles. The Morgan fingerprint density at radius 3 is 2.21 bits per heavy atom. The lowest BCUT2D eigenvalue weighted by molar-refractivity contribution is 0.679. The van der Waals surface area contributed by atoms with Crippen LogP contribution in [0.5, 0.6) is 0 Å². The van der Waals surface area contributed by atoms with E-state index in [1.54, 1.807) is 0 Å². The van der Waals surface area contributed by atoms with Gasteiger partial charge in [0.2, 0.25) is 0 Å². The molecule has 0 amide bonds. The summed E-state index contributed by atoms with van der Waals surface area (Å²) >= 11 is 7.07. The molecular weight excluding hydrogens is 304 g/mol. The highest BCUT2D eigenvalue weighted by molar-refractivity contribution is 9.09. The third kappa shape index (κ3) is 3.39. The van der Waals surface area contributed by atoms with Gasteiger partial charge in [-0.1, -0.05) is 50.1 Å². The zero-order chi connectivity index (χ0) is 10.6. The average molecular weight is 320 g/mol. The van der Waals surface area contributed by atoms with E-state index in [4.69, 9.17) is 0 Å². The highest BCUT2D eigenvalue weighted by Crippen LogP contribution is 2.16. The zero-order valence-electron chi connectivity index (χ0n) is 8.69. The molecule has 0 aromatic heterocycles. The van der Waals surface area contributed by atoms with E-state index >= 15 is 0 Å². The molecule has 1 aromatic carbocycles. The summed E-state index contributed by atoms with van der Waals surface area (Å²) in [6.45, 7) is 4.33. The van der Waals surface area contributed by atoms with Crippen LogP contribution in [0.4, 0.5) is 0 Å².